The van der Waals surface area contributed by atoms with E-state index >= 15 is 0 Å². The summed E-state index contributed by atoms with van der Waals surface area (Å²) in [5.41, 5.74) is 1.57. The van der Waals surface area contributed by atoms with Crippen molar-refractivity contribution in [3.8, 4) is 0 Å². The summed E-state index contributed by atoms with van der Waals surface area (Å²) >= 11 is 0. The zero-order valence-corrected chi connectivity index (χ0v) is 7.16. The van der Waals surface area contributed by atoms with Crippen LogP contribution in [-0.4, -0.2) is 15.9 Å². The number of nitrogens with zero attached hydrogens (tertiary/aromatic N) is 1. The monoisotopic (exact) mass is 175 g/mol. The van der Waals surface area contributed by atoms with E-state index in [0.717, 1.165) is 16.7 Å². The van der Waals surface area contributed by atoms with Crippen LogP contribution in [0.15, 0.2) is 24.5 Å². The summed E-state index contributed by atoms with van der Waals surface area (Å²) in [6.07, 6.45) is 3.45. The molecule has 13 heavy (non-hydrogen) atoms. The second kappa shape index (κ2) is 2.90. The van der Waals surface area contributed by atoms with Crippen LogP contribution in [0.5, 0.6) is 0 Å². The first-order chi connectivity index (χ1) is 6.27. The summed E-state index contributed by atoms with van der Waals surface area (Å²) in [7, 11) is 0. The molecular formula is C9H9N3O. The van der Waals surface area contributed by atoms with E-state index in [0.29, 0.717) is 0 Å². The summed E-state index contributed by atoms with van der Waals surface area (Å²) < 4.78 is 0. The Hall–Kier alpha value is -1.84. The normalized spacial score (nSPS) is 10.2. The van der Waals surface area contributed by atoms with Crippen LogP contribution in [0.4, 0.5) is 5.69 Å². The Labute approximate surface area is 75.0 Å². The van der Waals surface area contributed by atoms with Crippen molar-refractivity contribution < 1.29 is 4.79 Å². The summed E-state index contributed by atoms with van der Waals surface area (Å²) in [5.74, 6) is -0.0753. The Morgan fingerprint density at radius 1 is 1.54 bits per heavy atom. The van der Waals surface area contributed by atoms with Crippen molar-refractivity contribution in [1.29, 1.82) is 0 Å². The number of aromatic amines is 1. The largest absolute Gasteiger partial charge is 0.346 e. The van der Waals surface area contributed by atoms with Crippen LogP contribution in [0.3, 0.4) is 0 Å². The van der Waals surface area contributed by atoms with Gasteiger partial charge in [-0.1, -0.05) is 0 Å². The second-order valence-corrected chi connectivity index (χ2v) is 2.78. The van der Waals surface area contributed by atoms with Gasteiger partial charge in [-0.15, -0.1) is 0 Å². The first kappa shape index (κ1) is 7.79. The first-order valence-electron chi connectivity index (χ1n) is 3.97. The lowest BCUT2D eigenvalue weighted by Crippen LogP contribution is -2.05. The number of rotatable bonds is 1. The number of aromatic nitrogens is 2. The average molecular weight is 175 g/mol. The van der Waals surface area contributed by atoms with Crippen LogP contribution in [0, 0.1) is 0 Å². The van der Waals surface area contributed by atoms with Crippen molar-refractivity contribution in [2.24, 2.45) is 0 Å². The molecule has 0 unspecified atom stereocenters. The minimum absolute atomic E-state index is 0.0753. The smallest absolute Gasteiger partial charge is 0.221 e. The Kier molecular flexibility index (Phi) is 1.73. The number of carbonyl (C=O) groups excluding carboxylic acids is 1. The number of anilines is 1. The van der Waals surface area contributed by atoms with Gasteiger partial charge in [0.1, 0.15) is 5.65 Å². The molecule has 0 saturated heterocycles. The highest BCUT2D eigenvalue weighted by Crippen LogP contribution is 2.19. The van der Waals surface area contributed by atoms with Crippen LogP contribution < -0.4 is 5.32 Å². The Morgan fingerprint density at radius 3 is 3.15 bits per heavy atom. The number of H-pyrrole nitrogens is 1. The standard InChI is InChI=1S/C9H9N3O/c1-6(13)12-8-3-5-11-9-7(8)2-4-10-9/h2-5H,1H3,(H2,10,11,12,13). The SMILES string of the molecule is CC(=O)Nc1ccnc2[nH]ccc12. The van der Waals surface area contributed by atoms with Crippen molar-refractivity contribution in [2.75, 3.05) is 5.32 Å². The third-order valence-electron chi connectivity index (χ3n) is 1.77. The predicted molar refractivity (Wildman–Crippen MR) is 50.4 cm³/mol. The Balaban J connectivity index is 2.54. The molecule has 0 radical (unpaired) electrons. The van der Waals surface area contributed by atoms with E-state index in [1.165, 1.54) is 6.92 Å². The van der Waals surface area contributed by atoms with E-state index in [4.69, 9.17) is 0 Å². The molecule has 0 aliphatic rings. The maximum Gasteiger partial charge on any atom is 0.221 e. The molecular weight excluding hydrogens is 166 g/mol. The Bertz CT molecular complexity index is 447. The molecule has 4 nitrogen and oxygen atoms in total. The fourth-order valence-electron chi connectivity index (χ4n) is 1.26. The molecule has 0 aromatic carbocycles. The van der Waals surface area contributed by atoms with Crippen molar-refractivity contribution in [1.82, 2.24) is 9.97 Å². The number of amides is 1. The topological polar surface area (TPSA) is 57.8 Å². The van der Waals surface area contributed by atoms with E-state index < -0.39 is 0 Å². The maximum absolute atomic E-state index is 10.8. The summed E-state index contributed by atoms with van der Waals surface area (Å²) in [6, 6.07) is 3.66. The first-order valence-corrected chi connectivity index (χ1v) is 3.97. The zero-order chi connectivity index (χ0) is 9.26. The van der Waals surface area contributed by atoms with E-state index in [-0.39, 0.29) is 5.91 Å². The molecule has 2 rings (SSSR count). The minimum atomic E-state index is -0.0753. The van der Waals surface area contributed by atoms with Crippen LogP contribution in [0.2, 0.25) is 0 Å². The lowest BCUT2D eigenvalue weighted by Gasteiger charge is -2.01. The molecule has 0 atom stereocenters. The summed E-state index contributed by atoms with van der Waals surface area (Å²) in [6.45, 7) is 1.49. The zero-order valence-electron chi connectivity index (χ0n) is 7.16. The highest BCUT2D eigenvalue weighted by molar-refractivity contribution is 5.99. The highest BCUT2D eigenvalue weighted by atomic mass is 16.1. The molecule has 4 heteroatoms. The Morgan fingerprint density at radius 2 is 2.38 bits per heavy atom. The van der Waals surface area contributed by atoms with Gasteiger partial charge in [0.15, 0.2) is 0 Å². The number of carbonyl (C=O) groups is 1. The van der Waals surface area contributed by atoms with Gasteiger partial charge in [-0.05, 0) is 12.1 Å². The quantitative estimate of drug-likeness (QED) is 0.690. The molecule has 2 heterocycles. The van der Waals surface area contributed by atoms with Crippen molar-refractivity contribution in [3.05, 3.63) is 24.5 Å². The van der Waals surface area contributed by atoms with E-state index in [1.807, 2.05) is 6.07 Å². The van der Waals surface area contributed by atoms with Crippen LogP contribution in [0.1, 0.15) is 6.92 Å². The summed E-state index contributed by atoms with van der Waals surface area (Å²) in [4.78, 5) is 17.9. The fraction of sp³-hybridized carbons (Fsp3) is 0.111. The van der Waals surface area contributed by atoms with Gasteiger partial charge < -0.3 is 10.3 Å². The van der Waals surface area contributed by atoms with Gasteiger partial charge in [0.05, 0.1) is 5.69 Å². The van der Waals surface area contributed by atoms with Crippen molar-refractivity contribution in [2.45, 2.75) is 6.92 Å². The third kappa shape index (κ3) is 1.38. The molecule has 0 aliphatic heterocycles. The summed E-state index contributed by atoms with van der Waals surface area (Å²) in [5, 5.41) is 3.66. The van der Waals surface area contributed by atoms with Crippen molar-refractivity contribution >= 4 is 22.6 Å². The van der Waals surface area contributed by atoms with Crippen LogP contribution in [0.25, 0.3) is 11.0 Å². The third-order valence-corrected chi connectivity index (χ3v) is 1.77. The van der Waals surface area contributed by atoms with Gasteiger partial charge in [0, 0.05) is 24.7 Å². The van der Waals surface area contributed by atoms with E-state index in [2.05, 4.69) is 15.3 Å². The predicted octanol–water partition coefficient (Wildman–Crippen LogP) is 1.52. The molecule has 2 aromatic heterocycles. The lowest BCUT2D eigenvalue weighted by molar-refractivity contribution is -0.114. The van der Waals surface area contributed by atoms with Crippen LogP contribution >= 0.6 is 0 Å². The highest BCUT2D eigenvalue weighted by Gasteiger charge is 2.02. The minimum Gasteiger partial charge on any atom is -0.346 e. The van der Waals surface area contributed by atoms with Crippen molar-refractivity contribution in [3.63, 3.8) is 0 Å². The molecule has 0 saturated carbocycles. The van der Waals surface area contributed by atoms with Gasteiger partial charge in [-0.3, -0.25) is 4.79 Å². The van der Waals surface area contributed by atoms with Gasteiger partial charge in [-0.25, -0.2) is 4.98 Å². The van der Waals surface area contributed by atoms with Gasteiger partial charge in [-0.2, -0.15) is 0 Å². The number of fused-ring (bicyclic) bond motifs is 1. The molecule has 0 aliphatic carbocycles. The number of pyridine rings is 1. The molecule has 0 fully saturated rings. The van der Waals surface area contributed by atoms with Crippen LogP contribution in [-0.2, 0) is 4.79 Å². The number of hydrogen-bond acceptors (Lipinski definition) is 2. The van der Waals surface area contributed by atoms with E-state index in [1.54, 1.807) is 18.5 Å². The van der Waals surface area contributed by atoms with Gasteiger partial charge in [0.25, 0.3) is 0 Å². The number of hydrogen-bond donors (Lipinski definition) is 2. The van der Waals surface area contributed by atoms with Gasteiger partial charge >= 0.3 is 0 Å². The molecule has 2 N–H and O–H groups in total. The molecule has 66 valence electrons. The second-order valence-electron chi connectivity index (χ2n) is 2.78. The lowest BCUT2D eigenvalue weighted by atomic mass is 10.3. The molecule has 0 spiro atoms. The molecule has 2 aromatic rings. The molecule has 1 amide bonds. The fourth-order valence-corrected chi connectivity index (χ4v) is 1.26. The maximum atomic E-state index is 10.8. The number of nitrogens with one attached hydrogen (secondary N) is 2. The average Bonchev–Trinajstić information content (AvgIpc) is 2.51. The van der Waals surface area contributed by atoms with Gasteiger partial charge in [0.2, 0.25) is 5.91 Å². The van der Waals surface area contributed by atoms with E-state index in [9.17, 15) is 4.79 Å². The molecule has 0 bridgehead atoms.